The number of hydrogen-bond acceptors (Lipinski definition) is 3. The third kappa shape index (κ3) is 5.70. The van der Waals surface area contributed by atoms with E-state index in [-0.39, 0.29) is 41.8 Å². The molecule has 3 nitrogen and oxygen atoms in total. The van der Waals surface area contributed by atoms with Crippen LogP contribution in [0.2, 0.25) is 5.02 Å². The summed E-state index contributed by atoms with van der Waals surface area (Å²) >= 11 is 5.70. The lowest BCUT2D eigenvalue weighted by Gasteiger charge is -2.35. The molecule has 1 aromatic carbocycles. The number of piperazine rings is 1. The maximum atomic E-state index is 13.2. The minimum absolute atomic E-state index is 0. The van der Waals surface area contributed by atoms with Crippen LogP contribution in [0.1, 0.15) is 23.6 Å². The highest BCUT2D eigenvalue weighted by Gasteiger charge is 2.37. The lowest BCUT2D eigenvalue weighted by atomic mass is 9.96. The summed E-state index contributed by atoms with van der Waals surface area (Å²) in [6.07, 6.45) is -4.47. The lowest BCUT2D eigenvalue weighted by Crippen LogP contribution is -2.45. The van der Waals surface area contributed by atoms with Crippen LogP contribution in [-0.2, 0) is 6.18 Å². The molecule has 130 valence electrons. The molecule has 0 unspecified atom stereocenters. The van der Waals surface area contributed by atoms with Gasteiger partial charge in [-0.2, -0.15) is 18.4 Å². The molecule has 0 bridgehead atoms. The van der Waals surface area contributed by atoms with Crippen LogP contribution < -0.4 is 5.32 Å². The van der Waals surface area contributed by atoms with Crippen LogP contribution in [0, 0.1) is 11.3 Å². The number of halogens is 6. The molecule has 1 atom stereocenters. The number of rotatable bonds is 3. The van der Waals surface area contributed by atoms with Crippen molar-refractivity contribution in [2.24, 2.45) is 0 Å². The van der Waals surface area contributed by atoms with Gasteiger partial charge in [-0.3, -0.25) is 4.90 Å². The van der Waals surface area contributed by atoms with Crippen molar-refractivity contribution in [2.45, 2.75) is 18.6 Å². The number of alkyl halides is 3. The molecule has 0 amide bonds. The van der Waals surface area contributed by atoms with Gasteiger partial charge in [0, 0.05) is 37.2 Å². The van der Waals surface area contributed by atoms with E-state index in [0.29, 0.717) is 26.2 Å². The average molecular weight is 391 g/mol. The smallest absolute Gasteiger partial charge is 0.314 e. The van der Waals surface area contributed by atoms with Gasteiger partial charge in [-0.1, -0.05) is 17.7 Å². The fraction of sp³-hybridized carbons (Fsp3) is 0.500. The minimum atomic E-state index is -4.48. The predicted octanol–water partition coefficient (Wildman–Crippen LogP) is 4.06. The van der Waals surface area contributed by atoms with Crippen LogP contribution in [0.25, 0.3) is 0 Å². The molecule has 1 saturated heterocycles. The van der Waals surface area contributed by atoms with E-state index in [1.165, 1.54) is 12.1 Å². The van der Waals surface area contributed by atoms with Gasteiger partial charge in [0.25, 0.3) is 0 Å². The Bertz CT molecular complexity index is 540. The Morgan fingerprint density at radius 3 is 2.39 bits per heavy atom. The van der Waals surface area contributed by atoms with Gasteiger partial charge in [0.1, 0.15) is 0 Å². The van der Waals surface area contributed by atoms with Gasteiger partial charge >= 0.3 is 6.18 Å². The number of nitrogens with one attached hydrogen (secondary N) is 1. The van der Waals surface area contributed by atoms with Gasteiger partial charge in [-0.25, -0.2) is 0 Å². The van der Waals surface area contributed by atoms with Crippen LogP contribution in [-0.4, -0.2) is 31.1 Å². The molecule has 1 N–H and O–H groups in total. The Morgan fingerprint density at radius 2 is 1.87 bits per heavy atom. The average Bonchev–Trinajstić information content (AvgIpc) is 2.45. The highest BCUT2D eigenvalue weighted by atomic mass is 35.5. The molecule has 0 aromatic heterocycles. The van der Waals surface area contributed by atoms with Gasteiger partial charge in [-0.15, -0.1) is 24.8 Å². The number of benzene rings is 1. The first-order chi connectivity index (χ1) is 9.93. The first kappa shape index (κ1) is 22.3. The van der Waals surface area contributed by atoms with E-state index in [1.807, 2.05) is 11.0 Å². The van der Waals surface area contributed by atoms with Crippen LogP contribution in [0.5, 0.6) is 0 Å². The van der Waals surface area contributed by atoms with Crippen molar-refractivity contribution in [1.29, 1.82) is 5.26 Å². The molecule has 0 saturated carbocycles. The van der Waals surface area contributed by atoms with Crippen molar-refractivity contribution >= 4 is 36.4 Å². The molecule has 1 aromatic rings. The summed E-state index contributed by atoms with van der Waals surface area (Å²) in [5.74, 6) is 0. The zero-order chi connectivity index (χ0) is 15.5. The van der Waals surface area contributed by atoms with Gasteiger partial charge in [-0.05, 0) is 17.7 Å². The standard InChI is InChI=1S/C14H15ClF3N3.2ClH/c15-10-1-2-11(12(9-10)14(16,17)18)13(3-4-19)21-7-5-20-6-8-21;;/h1-2,9,13,20H,3,5-8H2;2*1H/t13-;;/m0../s1. The third-order valence-corrected chi connectivity index (χ3v) is 3.79. The van der Waals surface area contributed by atoms with Crippen molar-refractivity contribution in [1.82, 2.24) is 10.2 Å². The summed E-state index contributed by atoms with van der Waals surface area (Å²) < 4.78 is 39.7. The summed E-state index contributed by atoms with van der Waals surface area (Å²) in [6, 6.07) is 5.19. The predicted molar refractivity (Wildman–Crippen MR) is 88.4 cm³/mol. The van der Waals surface area contributed by atoms with Crippen LogP contribution >= 0.6 is 36.4 Å². The minimum Gasteiger partial charge on any atom is -0.314 e. The first-order valence-electron chi connectivity index (χ1n) is 6.62. The highest BCUT2D eigenvalue weighted by molar-refractivity contribution is 6.30. The lowest BCUT2D eigenvalue weighted by molar-refractivity contribution is -0.138. The topological polar surface area (TPSA) is 39.1 Å². The van der Waals surface area contributed by atoms with E-state index in [1.54, 1.807) is 0 Å². The van der Waals surface area contributed by atoms with E-state index < -0.39 is 17.8 Å². The van der Waals surface area contributed by atoms with Crippen molar-refractivity contribution in [3.8, 4) is 6.07 Å². The van der Waals surface area contributed by atoms with Crippen LogP contribution in [0.3, 0.4) is 0 Å². The Hall–Kier alpha value is -0.710. The second-order valence-electron chi connectivity index (χ2n) is 4.89. The SMILES string of the molecule is Cl.Cl.N#CC[C@@H](c1ccc(Cl)cc1C(F)(F)F)N1CCNCC1. The fourth-order valence-electron chi connectivity index (χ4n) is 2.58. The molecule has 0 spiro atoms. The van der Waals surface area contributed by atoms with Gasteiger partial charge in [0.05, 0.1) is 18.1 Å². The van der Waals surface area contributed by atoms with E-state index in [4.69, 9.17) is 16.9 Å². The molecule has 1 aliphatic heterocycles. The Labute approximate surface area is 150 Å². The summed E-state index contributed by atoms with van der Waals surface area (Å²) in [5, 5.41) is 12.2. The summed E-state index contributed by atoms with van der Waals surface area (Å²) in [7, 11) is 0. The van der Waals surface area contributed by atoms with E-state index in [0.717, 1.165) is 6.07 Å². The normalized spacial score (nSPS) is 16.7. The molecular formula is C14H17Cl3F3N3. The van der Waals surface area contributed by atoms with E-state index in [2.05, 4.69) is 5.32 Å². The van der Waals surface area contributed by atoms with Crippen LogP contribution in [0.4, 0.5) is 13.2 Å². The highest BCUT2D eigenvalue weighted by Crippen LogP contribution is 2.38. The molecule has 0 aliphatic carbocycles. The zero-order valence-corrected chi connectivity index (χ0v) is 14.5. The quantitative estimate of drug-likeness (QED) is 0.846. The monoisotopic (exact) mass is 389 g/mol. The molecule has 1 fully saturated rings. The second-order valence-corrected chi connectivity index (χ2v) is 5.33. The van der Waals surface area contributed by atoms with Gasteiger partial charge < -0.3 is 5.32 Å². The van der Waals surface area contributed by atoms with Crippen molar-refractivity contribution in [3.63, 3.8) is 0 Å². The molecule has 23 heavy (non-hydrogen) atoms. The number of nitrogens with zero attached hydrogens (tertiary/aromatic N) is 2. The summed E-state index contributed by atoms with van der Waals surface area (Å²) in [6.45, 7) is 2.65. The molecule has 2 rings (SSSR count). The zero-order valence-electron chi connectivity index (χ0n) is 12.1. The molecule has 0 radical (unpaired) electrons. The Kier molecular flexibility index (Phi) is 9.26. The Balaban J connectivity index is 0.00000242. The fourth-order valence-corrected chi connectivity index (χ4v) is 2.75. The molecule has 1 aliphatic rings. The van der Waals surface area contributed by atoms with Gasteiger partial charge in [0.15, 0.2) is 0 Å². The first-order valence-corrected chi connectivity index (χ1v) is 6.99. The van der Waals surface area contributed by atoms with Crippen LogP contribution in [0.15, 0.2) is 18.2 Å². The second kappa shape index (κ2) is 9.55. The summed E-state index contributed by atoms with van der Waals surface area (Å²) in [5.41, 5.74) is -0.635. The van der Waals surface area contributed by atoms with Crippen molar-refractivity contribution in [2.75, 3.05) is 26.2 Å². The van der Waals surface area contributed by atoms with E-state index >= 15 is 0 Å². The molecule has 1 heterocycles. The summed E-state index contributed by atoms with van der Waals surface area (Å²) in [4.78, 5) is 1.91. The van der Waals surface area contributed by atoms with Crippen molar-refractivity contribution in [3.05, 3.63) is 34.3 Å². The molecular weight excluding hydrogens is 374 g/mol. The maximum Gasteiger partial charge on any atom is 0.416 e. The third-order valence-electron chi connectivity index (χ3n) is 3.56. The maximum absolute atomic E-state index is 13.2. The Morgan fingerprint density at radius 1 is 1.26 bits per heavy atom. The molecule has 9 heteroatoms. The van der Waals surface area contributed by atoms with Gasteiger partial charge in [0.2, 0.25) is 0 Å². The largest absolute Gasteiger partial charge is 0.416 e. The van der Waals surface area contributed by atoms with Crippen molar-refractivity contribution < 1.29 is 13.2 Å². The van der Waals surface area contributed by atoms with E-state index in [9.17, 15) is 13.2 Å². The number of hydrogen-bond donors (Lipinski definition) is 1. The number of nitriles is 1.